The predicted molar refractivity (Wildman–Crippen MR) is 78.9 cm³/mol. The summed E-state index contributed by atoms with van der Waals surface area (Å²) in [4.78, 5) is 10.8. The largest absolute Gasteiger partial charge is 0.497 e. The van der Waals surface area contributed by atoms with Gasteiger partial charge in [-0.25, -0.2) is 0 Å². The first-order valence-electron chi connectivity index (χ1n) is 6.02. The van der Waals surface area contributed by atoms with Crippen LogP contribution in [0.5, 0.6) is 5.75 Å². The van der Waals surface area contributed by atoms with Gasteiger partial charge in [0.05, 0.1) is 12.0 Å². The maximum absolute atomic E-state index is 11.2. The zero-order valence-corrected chi connectivity index (χ0v) is 11.2. The highest BCUT2D eigenvalue weighted by atomic mass is 16.6. The van der Waals surface area contributed by atoms with E-state index in [1.165, 1.54) is 0 Å². The Bertz CT molecular complexity index is 629. The normalized spacial score (nSPS) is 9.90. The van der Waals surface area contributed by atoms with Crippen LogP contribution >= 0.6 is 0 Å². The number of rotatable bonds is 5. The first-order chi connectivity index (χ1) is 9.65. The second-order valence-electron chi connectivity index (χ2n) is 4.07. The second-order valence-corrected chi connectivity index (χ2v) is 4.07. The Balaban J connectivity index is 2.40. The Kier molecular flexibility index (Phi) is 4.05. The Morgan fingerprint density at radius 1 is 1.15 bits per heavy atom. The highest BCUT2D eigenvalue weighted by Gasteiger charge is 2.18. The predicted octanol–water partition coefficient (Wildman–Crippen LogP) is 3.39. The van der Waals surface area contributed by atoms with Crippen molar-refractivity contribution < 1.29 is 9.66 Å². The molecule has 2 N–H and O–H groups in total. The van der Waals surface area contributed by atoms with Gasteiger partial charge in [0, 0.05) is 18.8 Å². The number of anilines is 3. The summed E-state index contributed by atoms with van der Waals surface area (Å²) in [5.74, 6) is 0.683. The summed E-state index contributed by atoms with van der Waals surface area (Å²) in [5, 5.41) is 17.1. The third kappa shape index (κ3) is 2.80. The van der Waals surface area contributed by atoms with E-state index in [0.717, 1.165) is 5.69 Å². The highest BCUT2D eigenvalue weighted by molar-refractivity contribution is 5.79. The average Bonchev–Trinajstić information content (AvgIpc) is 2.46. The van der Waals surface area contributed by atoms with Gasteiger partial charge in [0.2, 0.25) is 0 Å². The van der Waals surface area contributed by atoms with E-state index in [0.29, 0.717) is 17.1 Å². The molecular formula is C14H15N3O3. The average molecular weight is 273 g/mol. The van der Waals surface area contributed by atoms with Crippen LogP contribution in [0.4, 0.5) is 22.7 Å². The van der Waals surface area contributed by atoms with Crippen LogP contribution in [0.25, 0.3) is 0 Å². The number of hydrogen-bond donors (Lipinski definition) is 2. The van der Waals surface area contributed by atoms with Gasteiger partial charge in [-0.1, -0.05) is 12.1 Å². The van der Waals surface area contributed by atoms with Crippen molar-refractivity contribution in [3.05, 3.63) is 52.6 Å². The second kappa shape index (κ2) is 5.92. The number of nitrogens with one attached hydrogen (secondary N) is 2. The lowest BCUT2D eigenvalue weighted by Crippen LogP contribution is -2.01. The van der Waals surface area contributed by atoms with Crippen LogP contribution in [-0.4, -0.2) is 19.1 Å². The molecule has 20 heavy (non-hydrogen) atoms. The number of benzene rings is 2. The van der Waals surface area contributed by atoms with Crippen molar-refractivity contribution >= 4 is 22.7 Å². The Morgan fingerprint density at radius 2 is 1.85 bits per heavy atom. The van der Waals surface area contributed by atoms with Crippen molar-refractivity contribution in [2.45, 2.75) is 0 Å². The fourth-order valence-electron chi connectivity index (χ4n) is 1.90. The van der Waals surface area contributed by atoms with Crippen molar-refractivity contribution in [1.29, 1.82) is 0 Å². The summed E-state index contributed by atoms with van der Waals surface area (Å²) in [6.45, 7) is 0. The number of hydrogen-bond acceptors (Lipinski definition) is 5. The van der Waals surface area contributed by atoms with Crippen molar-refractivity contribution in [2.75, 3.05) is 24.8 Å². The maximum Gasteiger partial charge on any atom is 0.315 e. The summed E-state index contributed by atoms with van der Waals surface area (Å²) in [5.41, 5.74) is 1.62. The van der Waals surface area contributed by atoms with Crippen molar-refractivity contribution in [2.24, 2.45) is 0 Å². The lowest BCUT2D eigenvalue weighted by Gasteiger charge is -2.10. The summed E-state index contributed by atoms with van der Waals surface area (Å²) in [6.07, 6.45) is 0. The molecule has 0 aliphatic heterocycles. The molecule has 2 aromatic carbocycles. The Labute approximate surface area is 116 Å². The van der Waals surface area contributed by atoms with Gasteiger partial charge in [-0.2, -0.15) is 0 Å². The summed E-state index contributed by atoms with van der Waals surface area (Å²) >= 11 is 0. The van der Waals surface area contributed by atoms with Crippen LogP contribution in [0.2, 0.25) is 0 Å². The smallest absolute Gasteiger partial charge is 0.315 e. The minimum Gasteiger partial charge on any atom is -0.497 e. The highest BCUT2D eigenvalue weighted by Crippen LogP contribution is 2.34. The van der Waals surface area contributed by atoms with Gasteiger partial charge in [0.1, 0.15) is 17.1 Å². The molecule has 0 radical (unpaired) electrons. The molecular weight excluding hydrogens is 258 g/mol. The third-order valence-electron chi connectivity index (χ3n) is 2.84. The van der Waals surface area contributed by atoms with Gasteiger partial charge in [-0.05, 0) is 24.3 Å². The molecule has 0 atom stereocenters. The van der Waals surface area contributed by atoms with E-state index in [1.54, 1.807) is 38.4 Å². The molecule has 104 valence electrons. The number of nitro groups is 1. The standard InChI is InChI=1S/C14H15N3O3/c1-15-12-7-4-8-13(14(12)17(18)19)16-10-5-3-6-11(9-10)20-2/h3-9,15-16H,1-2H3. The molecule has 0 amide bonds. The Morgan fingerprint density at radius 3 is 2.50 bits per heavy atom. The molecule has 2 aromatic rings. The summed E-state index contributed by atoms with van der Waals surface area (Å²) in [6, 6.07) is 12.3. The van der Waals surface area contributed by atoms with E-state index in [4.69, 9.17) is 4.74 Å². The molecule has 0 fully saturated rings. The van der Waals surface area contributed by atoms with Gasteiger partial charge >= 0.3 is 5.69 Å². The molecule has 0 saturated heterocycles. The zero-order valence-electron chi connectivity index (χ0n) is 11.2. The van der Waals surface area contributed by atoms with Gasteiger partial charge in [0.25, 0.3) is 0 Å². The fraction of sp³-hybridized carbons (Fsp3) is 0.143. The van der Waals surface area contributed by atoms with E-state index in [9.17, 15) is 10.1 Å². The van der Waals surface area contributed by atoms with E-state index in [1.807, 2.05) is 18.2 Å². The molecule has 0 aliphatic rings. The molecule has 0 spiro atoms. The SMILES string of the molecule is CNc1cccc(Nc2cccc(OC)c2)c1[N+](=O)[O-]. The summed E-state index contributed by atoms with van der Waals surface area (Å²) < 4.78 is 5.13. The molecule has 6 nitrogen and oxygen atoms in total. The number of methoxy groups -OCH3 is 1. The van der Waals surface area contributed by atoms with Gasteiger partial charge in [0.15, 0.2) is 0 Å². The number of nitro benzene ring substituents is 1. The molecule has 0 heterocycles. The van der Waals surface area contributed by atoms with E-state index in [2.05, 4.69) is 10.6 Å². The molecule has 0 aliphatic carbocycles. The number of nitrogens with zero attached hydrogens (tertiary/aromatic N) is 1. The van der Waals surface area contributed by atoms with E-state index in [-0.39, 0.29) is 5.69 Å². The van der Waals surface area contributed by atoms with Crippen molar-refractivity contribution in [3.63, 3.8) is 0 Å². The van der Waals surface area contributed by atoms with Gasteiger partial charge in [-0.15, -0.1) is 0 Å². The monoisotopic (exact) mass is 273 g/mol. The van der Waals surface area contributed by atoms with Crippen LogP contribution in [-0.2, 0) is 0 Å². The van der Waals surface area contributed by atoms with Crippen molar-refractivity contribution in [1.82, 2.24) is 0 Å². The molecule has 0 saturated carbocycles. The minimum atomic E-state index is -0.408. The third-order valence-corrected chi connectivity index (χ3v) is 2.84. The Hall–Kier alpha value is -2.76. The molecule has 0 bridgehead atoms. The maximum atomic E-state index is 11.2. The first kappa shape index (κ1) is 13.7. The van der Waals surface area contributed by atoms with Crippen molar-refractivity contribution in [3.8, 4) is 5.75 Å². The molecule has 0 unspecified atom stereocenters. The topological polar surface area (TPSA) is 76.4 Å². The fourth-order valence-corrected chi connectivity index (χ4v) is 1.90. The van der Waals surface area contributed by atoms with Crippen LogP contribution in [0, 0.1) is 10.1 Å². The first-order valence-corrected chi connectivity index (χ1v) is 6.02. The van der Waals surface area contributed by atoms with Crippen LogP contribution in [0.3, 0.4) is 0 Å². The van der Waals surface area contributed by atoms with E-state index < -0.39 is 4.92 Å². The zero-order chi connectivity index (χ0) is 14.5. The van der Waals surface area contributed by atoms with Gasteiger partial charge in [-0.3, -0.25) is 10.1 Å². The van der Waals surface area contributed by atoms with E-state index >= 15 is 0 Å². The number of para-hydroxylation sites is 1. The van der Waals surface area contributed by atoms with Crippen LogP contribution < -0.4 is 15.4 Å². The molecule has 6 heteroatoms. The lowest BCUT2D eigenvalue weighted by atomic mass is 10.2. The van der Waals surface area contributed by atoms with Crippen LogP contribution in [0.1, 0.15) is 0 Å². The molecule has 0 aromatic heterocycles. The minimum absolute atomic E-state index is 0.0119. The number of ether oxygens (including phenoxy) is 1. The summed E-state index contributed by atoms with van der Waals surface area (Å²) in [7, 11) is 3.22. The molecule has 2 rings (SSSR count). The van der Waals surface area contributed by atoms with Gasteiger partial charge < -0.3 is 15.4 Å². The lowest BCUT2D eigenvalue weighted by molar-refractivity contribution is -0.383. The van der Waals surface area contributed by atoms with Crippen LogP contribution in [0.15, 0.2) is 42.5 Å². The quantitative estimate of drug-likeness (QED) is 0.645.